The van der Waals surface area contributed by atoms with Crippen LogP contribution < -0.4 is 5.48 Å². The Bertz CT molecular complexity index is 67.4. The molecule has 0 aromatic carbocycles. The van der Waals surface area contributed by atoms with Crippen LogP contribution in [-0.2, 0) is 9.63 Å². The summed E-state index contributed by atoms with van der Waals surface area (Å²) in [5.41, 5.74) is 2.57. The maximum Gasteiger partial charge on any atom is 0.300 e. The van der Waals surface area contributed by atoms with Gasteiger partial charge in [-0.2, -0.15) is 0 Å². The number of hydrogen-bond donors (Lipinski definition) is 2. The molecule has 0 bridgehead atoms. The van der Waals surface area contributed by atoms with Crippen LogP contribution in [0.3, 0.4) is 0 Å². The molecule has 0 aliphatic heterocycles. The molecule has 0 atom stereocenters. The number of carbonyl (C=O) groups is 1. The van der Waals surface area contributed by atoms with E-state index >= 15 is 0 Å². The summed E-state index contributed by atoms with van der Waals surface area (Å²) in [6.07, 6.45) is 1.07. The molecule has 0 aliphatic rings. The third-order valence-corrected chi connectivity index (χ3v) is 0.451. The van der Waals surface area contributed by atoms with Gasteiger partial charge in [0, 0.05) is 14.0 Å². The van der Waals surface area contributed by atoms with Crippen LogP contribution in [0.15, 0.2) is 0 Å². The highest BCUT2D eigenvalue weighted by Crippen LogP contribution is 1.70. The average Bonchev–Trinajstić information content (AvgIpc) is 1.82. The zero-order chi connectivity index (χ0) is 8.41. The molecule has 0 aromatic heterocycles. The smallest absolute Gasteiger partial charge is 0.300 e. The molecule has 0 amide bonds. The zero-order valence-electron chi connectivity index (χ0n) is 6.68. The Kier molecular flexibility index (Phi) is 13.6. The summed E-state index contributed by atoms with van der Waals surface area (Å²) in [4.78, 5) is 13.7. The number of rotatable bonds is 3. The lowest BCUT2D eigenvalue weighted by atomic mass is 10.5. The second-order valence-corrected chi connectivity index (χ2v) is 1.57. The molecular weight excluding hydrogens is 134 g/mol. The highest BCUT2D eigenvalue weighted by atomic mass is 16.6. The van der Waals surface area contributed by atoms with Gasteiger partial charge in [-0.05, 0) is 6.42 Å². The van der Waals surface area contributed by atoms with Gasteiger partial charge in [0.2, 0.25) is 0 Å². The number of hydrogen-bond acceptors (Lipinski definition) is 3. The molecule has 0 spiro atoms. The number of carboxylic acid groups (broad SMARTS) is 1. The standard InChI is InChI=1S/C4H11NO.C2H4O2/c1-3-4-6-5-2;1-2(3)4/h5H,3-4H2,1-2H3;1H3,(H,3,4). The molecule has 0 rings (SSSR count). The molecule has 4 nitrogen and oxygen atoms in total. The van der Waals surface area contributed by atoms with E-state index in [0.29, 0.717) is 0 Å². The van der Waals surface area contributed by atoms with Crippen LogP contribution in [0.5, 0.6) is 0 Å². The molecule has 0 saturated carbocycles. The molecule has 0 heterocycles. The van der Waals surface area contributed by atoms with E-state index in [1.54, 1.807) is 7.05 Å². The van der Waals surface area contributed by atoms with Crippen molar-refractivity contribution in [2.24, 2.45) is 0 Å². The number of nitrogens with one attached hydrogen (secondary N) is 1. The van der Waals surface area contributed by atoms with E-state index in [-0.39, 0.29) is 0 Å². The number of hydroxylamine groups is 1. The molecule has 0 unspecified atom stereocenters. The maximum atomic E-state index is 9.00. The molecule has 4 heteroatoms. The van der Waals surface area contributed by atoms with Crippen LogP contribution >= 0.6 is 0 Å². The third kappa shape index (κ3) is 52.8. The first-order valence-electron chi connectivity index (χ1n) is 3.13. The third-order valence-electron chi connectivity index (χ3n) is 0.451. The Hall–Kier alpha value is -0.610. The monoisotopic (exact) mass is 149 g/mol. The van der Waals surface area contributed by atoms with Gasteiger partial charge in [-0.15, -0.1) is 0 Å². The van der Waals surface area contributed by atoms with Crippen molar-refractivity contribution in [3.8, 4) is 0 Å². The van der Waals surface area contributed by atoms with Crippen LogP contribution in [-0.4, -0.2) is 24.7 Å². The Labute approximate surface area is 61.1 Å². The van der Waals surface area contributed by atoms with Crippen molar-refractivity contribution < 1.29 is 14.7 Å². The van der Waals surface area contributed by atoms with Gasteiger partial charge < -0.3 is 9.94 Å². The van der Waals surface area contributed by atoms with Crippen molar-refractivity contribution in [2.75, 3.05) is 13.7 Å². The normalized spacial score (nSPS) is 7.90. The fourth-order valence-electron chi connectivity index (χ4n) is 0.204. The van der Waals surface area contributed by atoms with Crippen LogP contribution in [0.1, 0.15) is 20.3 Å². The summed E-state index contributed by atoms with van der Waals surface area (Å²) in [5.74, 6) is -0.833. The SMILES string of the molecule is CC(=O)O.CCCONC. The number of aliphatic carboxylic acids is 1. The molecule has 0 fully saturated rings. The quantitative estimate of drug-likeness (QED) is 0.456. The van der Waals surface area contributed by atoms with Gasteiger partial charge in [-0.3, -0.25) is 4.79 Å². The average molecular weight is 149 g/mol. The van der Waals surface area contributed by atoms with Crippen LogP contribution in [0, 0.1) is 0 Å². The van der Waals surface area contributed by atoms with Crippen molar-refractivity contribution >= 4 is 5.97 Å². The molecule has 0 radical (unpaired) electrons. The lowest BCUT2D eigenvalue weighted by molar-refractivity contribution is -0.134. The Balaban J connectivity index is 0. The minimum Gasteiger partial charge on any atom is -0.481 e. The van der Waals surface area contributed by atoms with Crippen molar-refractivity contribution in [1.82, 2.24) is 5.48 Å². The van der Waals surface area contributed by atoms with E-state index in [1.165, 1.54) is 0 Å². The minimum atomic E-state index is -0.833. The highest BCUT2D eigenvalue weighted by molar-refractivity contribution is 5.62. The molecule has 2 N–H and O–H groups in total. The van der Waals surface area contributed by atoms with Crippen molar-refractivity contribution in [2.45, 2.75) is 20.3 Å². The summed E-state index contributed by atoms with van der Waals surface area (Å²) < 4.78 is 0. The molecule has 0 aliphatic carbocycles. The van der Waals surface area contributed by atoms with Gasteiger partial charge in [0.1, 0.15) is 0 Å². The summed E-state index contributed by atoms with van der Waals surface area (Å²) >= 11 is 0. The second kappa shape index (κ2) is 11.2. The molecule has 0 saturated heterocycles. The van der Waals surface area contributed by atoms with Crippen molar-refractivity contribution in [1.29, 1.82) is 0 Å². The van der Waals surface area contributed by atoms with E-state index < -0.39 is 5.97 Å². The van der Waals surface area contributed by atoms with Gasteiger partial charge in [0.15, 0.2) is 0 Å². The predicted molar refractivity (Wildman–Crippen MR) is 38.6 cm³/mol. The van der Waals surface area contributed by atoms with Gasteiger partial charge in [-0.25, -0.2) is 5.48 Å². The topological polar surface area (TPSA) is 58.6 Å². The lowest BCUT2D eigenvalue weighted by Gasteiger charge is -1.93. The summed E-state index contributed by atoms with van der Waals surface area (Å²) in [5, 5.41) is 7.42. The van der Waals surface area contributed by atoms with Crippen LogP contribution in [0.2, 0.25) is 0 Å². The van der Waals surface area contributed by atoms with E-state index in [2.05, 4.69) is 12.4 Å². The van der Waals surface area contributed by atoms with Crippen LogP contribution in [0.4, 0.5) is 0 Å². The van der Waals surface area contributed by atoms with E-state index in [4.69, 9.17) is 14.7 Å². The van der Waals surface area contributed by atoms with Gasteiger partial charge in [0.05, 0.1) is 6.61 Å². The first-order chi connectivity index (χ1) is 4.65. The van der Waals surface area contributed by atoms with Gasteiger partial charge in [-0.1, -0.05) is 6.92 Å². The Morgan fingerprint density at radius 3 is 2.20 bits per heavy atom. The molecule has 62 valence electrons. The summed E-state index contributed by atoms with van der Waals surface area (Å²) in [6, 6.07) is 0. The summed E-state index contributed by atoms with van der Waals surface area (Å²) in [6.45, 7) is 3.95. The summed E-state index contributed by atoms with van der Waals surface area (Å²) in [7, 11) is 1.76. The molecular formula is C6H15NO3. The Morgan fingerprint density at radius 2 is 2.10 bits per heavy atom. The fourth-order valence-corrected chi connectivity index (χ4v) is 0.204. The van der Waals surface area contributed by atoms with E-state index in [1.807, 2.05) is 0 Å². The minimum absolute atomic E-state index is 0.802. The second-order valence-electron chi connectivity index (χ2n) is 1.57. The zero-order valence-corrected chi connectivity index (χ0v) is 6.68. The molecule has 0 aromatic rings. The lowest BCUT2D eigenvalue weighted by Crippen LogP contribution is -2.06. The largest absolute Gasteiger partial charge is 0.481 e. The fraction of sp³-hybridized carbons (Fsp3) is 0.833. The van der Waals surface area contributed by atoms with Gasteiger partial charge in [0.25, 0.3) is 5.97 Å². The Morgan fingerprint density at radius 1 is 1.70 bits per heavy atom. The highest BCUT2D eigenvalue weighted by Gasteiger charge is 1.71. The van der Waals surface area contributed by atoms with Gasteiger partial charge >= 0.3 is 0 Å². The van der Waals surface area contributed by atoms with E-state index in [0.717, 1.165) is 20.0 Å². The van der Waals surface area contributed by atoms with Crippen molar-refractivity contribution in [3.05, 3.63) is 0 Å². The first kappa shape index (κ1) is 12.1. The number of carboxylic acids is 1. The van der Waals surface area contributed by atoms with Crippen LogP contribution in [0.25, 0.3) is 0 Å². The molecule has 10 heavy (non-hydrogen) atoms. The van der Waals surface area contributed by atoms with Crippen molar-refractivity contribution in [3.63, 3.8) is 0 Å². The first-order valence-corrected chi connectivity index (χ1v) is 3.13. The predicted octanol–water partition coefficient (Wildman–Crippen LogP) is 0.638. The maximum absolute atomic E-state index is 9.00. The van der Waals surface area contributed by atoms with E-state index in [9.17, 15) is 0 Å².